The van der Waals surface area contributed by atoms with Gasteiger partial charge in [-0.25, -0.2) is 13.8 Å². The fourth-order valence-electron chi connectivity index (χ4n) is 4.72. The Morgan fingerprint density at radius 3 is 2.38 bits per heavy atom. The van der Waals surface area contributed by atoms with E-state index < -0.39 is 22.8 Å². The minimum atomic E-state index is -0.697. The average Bonchev–Trinajstić information content (AvgIpc) is 2.97. The molecule has 8 nitrogen and oxygen atoms in total. The first-order valence-electron chi connectivity index (χ1n) is 12.9. The molecule has 0 bridgehead atoms. The number of carbonyl (C=O) groups excluding carboxylic acids is 1. The van der Waals surface area contributed by atoms with Crippen LogP contribution in [0.15, 0.2) is 65.7 Å². The molecule has 214 valence electrons. The Hall–Kier alpha value is -5.12. The Morgan fingerprint density at radius 2 is 1.69 bits per heavy atom. The number of ketones is 1. The van der Waals surface area contributed by atoms with Crippen LogP contribution in [0.1, 0.15) is 27.2 Å². The van der Waals surface area contributed by atoms with E-state index in [1.807, 2.05) is 0 Å². The second-order valence-corrected chi connectivity index (χ2v) is 9.74. The Morgan fingerprint density at radius 1 is 0.952 bits per heavy atom. The molecule has 0 fully saturated rings. The van der Waals surface area contributed by atoms with E-state index in [4.69, 9.17) is 14.2 Å². The van der Waals surface area contributed by atoms with Crippen molar-refractivity contribution in [1.82, 2.24) is 14.5 Å². The molecular formula is C32H27F2N3O5. The van der Waals surface area contributed by atoms with Crippen LogP contribution in [0.5, 0.6) is 23.1 Å². The Labute approximate surface area is 240 Å². The van der Waals surface area contributed by atoms with Crippen molar-refractivity contribution in [3.8, 4) is 34.3 Å². The SMILES string of the molecule is COc1cc2nccc(Oc3cc(C)c(CC(=O)c4cn(C)c(C)c(-c5ccc(F)cc5)c4=O)cc3F)c2nc1OC. The topological polar surface area (TPSA) is 92.5 Å². The molecule has 0 unspecified atom stereocenters. The molecule has 10 heteroatoms. The summed E-state index contributed by atoms with van der Waals surface area (Å²) in [5, 5.41) is 0. The zero-order chi connectivity index (χ0) is 30.1. The van der Waals surface area contributed by atoms with Gasteiger partial charge in [0.2, 0.25) is 0 Å². The van der Waals surface area contributed by atoms with Crippen molar-refractivity contribution < 1.29 is 27.8 Å². The maximum Gasteiger partial charge on any atom is 0.257 e. The Kier molecular flexibility index (Phi) is 7.71. The highest BCUT2D eigenvalue weighted by Crippen LogP contribution is 2.35. The monoisotopic (exact) mass is 571 g/mol. The van der Waals surface area contributed by atoms with Crippen LogP contribution in [0.3, 0.4) is 0 Å². The third-order valence-electron chi connectivity index (χ3n) is 7.10. The number of rotatable bonds is 8. The average molecular weight is 572 g/mol. The van der Waals surface area contributed by atoms with E-state index in [0.29, 0.717) is 44.7 Å². The van der Waals surface area contributed by atoms with Gasteiger partial charge < -0.3 is 18.8 Å². The molecule has 5 rings (SSSR count). The van der Waals surface area contributed by atoms with Gasteiger partial charge in [-0.15, -0.1) is 0 Å². The van der Waals surface area contributed by atoms with Gasteiger partial charge in [0.05, 0.1) is 25.3 Å². The summed E-state index contributed by atoms with van der Waals surface area (Å²) >= 11 is 0. The standard InChI is InChI=1S/C32H27F2N3O5/c1-17-12-27(42-26-10-11-35-24-15-28(40-4)32(41-5)36-30(24)26)23(34)13-20(17)14-25(38)22-16-37(3)18(2)29(31(22)39)19-6-8-21(33)9-7-19/h6-13,15-16H,14H2,1-5H3. The normalized spacial score (nSPS) is 11.0. The molecule has 0 atom stereocenters. The zero-order valence-electron chi connectivity index (χ0n) is 23.6. The lowest BCUT2D eigenvalue weighted by atomic mass is 9.96. The van der Waals surface area contributed by atoms with Crippen molar-refractivity contribution >= 4 is 16.8 Å². The molecule has 0 radical (unpaired) electrons. The van der Waals surface area contributed by atoms with Gasteiger partial charge in [-0.1, -0.05) is 12.1 Å². The second kappa shape index (κ2) is 11.4. The molecule has 42 heavy (non-hydrogen) atoms. The number of hydrogen-bond donors (Lipinski definition) is 0. The summed E-state index contributed by atoms with van der Waals surface area (Å²) in [6.07, 6.45) is 2.77. The van der Waals surface area contributed by atoms with Crippen LogP contribution in [0.4, 0.5) is 8.78 Å². The third kappa shape index (κ3) is 5.30. The van der Waals surface area contributed by atoms with Crippen LogP contribution in [0, 0.1) is 25.5 Å². The molecule has 0 aliphatic rings. The Bertz CT molecular complexity index is 1900. The van der Waals surface area contributed by atoms with Gasteiger partial charge in [0, 0.05) is 49.3 Å². The highest BCUT2D eigenvalue weighted by molar-refractivity contribution is 5.98. The summed E-state index contributed by atoms with van der Waals surface area (Å²) in [5.41, 5.74) is 2.73. The molecule has 0 aliphatic heterocycles. The van der Waals surface area contributed by atoms with Gasteiger partial charge >= 0.3 is 0 Å². The van der Waals surface area contributed by atoms with Crippen molar-refractivity contribution in [3.63, 3.8) is 0 Å². The van der Waals surface area contributed by atoms with Crippen molar-refractivity contribution in [1.29, 1.82) is 0 Å². The van der Waals surface area contributed by atoms with Gasteiger partial charge in [-0.3, -0.25) is 14.6 Å². The van der Waals surface area contributed by atoms with Gasteiger partial charge in [0.25, 0.3) is 5.88 Å². The fraction of sp³-hybridized carbons (Fsp3) is 0.188. The van der Waals surface area contributed by atoms with Crippen molar-refractivity contribution in [2.75, 3.05) is 14.2 Å². The minimum Gasteiger partial charge on any atom is -0.491 e. The zero-order valence-corrected chi connectivity index (χ0v) is 23.6. The number of nitrogens with zero attached hydrogens (tertiary/aromatic N) is 3. The van der Waals surface area contributed by atoms with Crippen LogP contribution in [0.2, 0.25) is 0 Å². The van der Waals surface area contributed by atoms with Gasteiger partial charge in [0.15, 0.2) is 34.3 Å². The summed E-state index contributed by atoms with van der Waals surface area (Å²) in [6.45, 7) is 3.48. The number of benzene rings is 2. The molecule has 0 aliphatic carbocycles. The number of hydrogen-bond acceptors (Lipinski definition) is 7. The molecule has 2 aromatic carbocycles. The lowest BCUT2D eigenvalue weighted by Gasteiger charge is -2.15. The van der Waals surface area contributed by atoms with E-state index >= 15 is 4.39 Å². The van der Waals surface area contributed by atoms with E-state index in [1.54, 1.807) is 37.6 Å². The van der Waals surface area contributed by atoms with Gasteiger partial charge in [0.1, 0.15) is 11.3 Å². The number of methoxy groups -OCH3 is 2. The van der Waals surface area contributed by atoms with E-state index in [-0.39, 0.29) is 29.4 Å². The first-order valence-corrected chi connectivity index (χ1v) is 12.9. The largest absolute Gasteiger partial charge is 0.491 e. The number of pyridine rings is 3. The highest BCUT2D eigenvalue weighted by atomic mass is 19.1. The quantitative estimate of drug-likeness (QED) is 0.207. The predicted octanol–water partition coefficient (Wildman–Crippen LogP) is 6.13. The number of ether oxygens (including phenoxy) is 3. The van der Waals surface area contributed by atoms with E-state index in [2.05, 4.69) is 9.97 Å². The van der Waals surface area contributed by atoms with Crippen LogP contribution < -0.4 is 19.6 Å². The lowest BCUT2D eigenvalue weighted by Crippen LogP contribution is -2.23. The summed E-state index contributed by atoms with van der Waals surface area (Å²) < 4.78 is 47.0. The molecule has 3 heterocycles. The number of halogens is 2. The number of Topliss-reactive ketones (excluding diaryl/α,β-unsaturated/α-hetero) is 1. The molecule has 0 saturated heterocycles. The molecular weight excluding hydrogens is 544 g/mol. The number of aromatic nitrogens is 3. The van der Waals surface area contributed by atoms with E-state index in [9.17, 15) is 14.0 Å². The van der Waals surface area contributed by atoms with Gasteiger partial charge in [-0.2, -0.15) is 0 Å². The first kappa shape index (κ1) is 28.4. The maximum absolute atomic E-state index is 15.3. The van der Waals surface area contributed by atoms with Crippen LogP contribution in [0.25, 0.3) is 22.2 Å². The summed E-state index contributed by atoms with van der Waals surface area (Å²) in [7, 11) is 4.66. The number of aryl methyl sites for hydroxylation is 2. The number of carbonyl (C=O) groups is 1. The van der Waals surface area contributed by atoms with Crippen LogP contribution >= 0.6 is 0 Å². The number of fused-ring (bicyclic) bond motifs is 1. The third-order valence-corrected chi connectivity index (χ3v) is 7.10. The fourth-order valence-corrected chi connectivity index (χ4v) is 4.72. The van der Waals surface area contributed by atoms with E-state index in [0.717, 1.165) is 0 Å². The van der Waals surface area contributed by atoms with Crippen molar-refractivity contribution in [2.24, 2.45) is 7.05 Å². The summed E-state index contributed by atoms with van der Waals surface area (Å²) in [5.74, 6) is -0.814. The molecule has 3 aromatic heterocycles. The smallest absolute Gasteiger partial charge is 0.257 e. The molecule has 0 amide bonds. The lowest BCUT2D eigenvalue weighted by molar-refractivity contribution is 0.0991. The Balaban J connectivity index is 1.46. The molecule has 0 saturated carbocycles. The van der Waals surface area contributed by atoms with Crippen LogP contribution in [-0.4, -0.2) is 34.5 Å². The van der Waals surface area contributed by atoms with Crippen molar-refractivity contribution in [3.05, 3.63) is 105 Å². The summed E-state index contributed by atoms with van der Waals surface area (Å²) in [6, 6.07) is 11.4. The molecule has 5 aromatic rings. The minimum absolute atomic E-state index is 0.0405. The van der Waals surface area contributed by atoms with Crippen LogP contribution in [-0.2, 0) is 13.5 Å². The molecule has 0 spiro atoms. The maximum atomic E-state index is 15.3. The second-order valence-electron chi connectivity index (χ2n) is 9.74. The van der Waals surface area contributed by atoms with Gasteiger partial charge in [-0.05, 0) is 54.8 Å². The van der Waals surface area contributed by atoms with E-state index in [1.165, 1.54) is 63.0 Å². The highest BCUT2D eigenvalue weighted by Gasteiger charge is 2.21. The predicted molar refractivity (Wildman–Crippen MR) is 154 cm³/mol. The van der Waals surface area contributed by atoms with Crippen molar-refractivity contribution in [2.45, 2.75) is 20.3 Å². The molecule has 0 N–H and O–H groups in total. The summed E-state index contributed by atoms with van der Waals surface area (Å²) in [4.78, 5) is 35.5. The first-order chi connectivity index (χ1) is 20.1.